The van der Waals surface area contributed by atoms with Crippen LogP contribution in [0.1, 0.15) is 22.0 Å². The smallest absolute Gasteiger partial charge is 0.257 e. The van der Waals surface area contributed by atoms with Crippen LogP contribution in [0.5, 0.6) is 0 Å². The fourth-order valence-electron chi connectivity index (χ4n) is 3.51. The second kappa shape index (κ2) is 8.08. The van der Waals surface area contributed by atoms with Crippen molar-refractivity contribution in [3.05, 3.63) is 87.3 Å². The highest BCUT2D eigenvalue weighted by atomic mass is 35.5. The molecule has 0 aliphatic carbocycles. The second-order valence-electron chi connectivity index (χ2n) is 6.62. The standard InChI is InChI=1S/C21H17Cl3N2O2/c22-16-3-1-14(2-4-16)20-12-25(21(27)15-7-10-28-13-15)8-9-26(20)19-6-5-17(23)11-18(19)24/h1-7,10-11,13,20H,8-9,12H2. The number of carbonyl (C=O) groups excluding carboxylic acids is 1. The number of halogens is 3. The highest BCUT2D eigenvalue weighted by Crippen LogP contribution is 2.37. The Morgan fingerprint density at radius 2 is 1.71 bits per heavy atom. The molecule has 2 heterocycles. The van der Waals surface area contributed by atoms with Gasteiger partial charge in [-0.1, -0.05) is 46.9 Å². The summed E-state index contributed by atoms with van der Waals surface area (Å²) in [7, 11) is 0. The van der Waals surface area contributed by atoms with Gasteiger partial charge in [-0.05, 0) is 42.0 Å². The largest absolute Gasteiger partial charge is 0.472 e. The number of piperazine rings is 1. The number of anilines is 1. The van der Waals surface area contributed by atoms with Crippen molar-refractivity contribution in [2.45, 2.75) is 6.04 Å². The molecule has 1 fully saturated rings. The zero-order valence-electron chi connectivity index (χ0n) is 14.8. The normalized spacial score (nSPS) is 17.0. The highest BCUT2D eigenvalue weighted by molar-refractivity contribution is 6.36. The molecule has 0 radical (unpaired) electrons. The molecule has 1 atom stereocenters. The van der Waals surface area contributed by atoms with Gasteiger partial charge < -0.3 is 14.2 Å². The summed E-state index contributed by atoms with van der Waals surface area (Å²) in [5.41, 5.74) is 2.49. The maximum Gasteiger partial charge on any atom is 0.257 e. The van der Waals surface area contributed by atoms with Crippen LogP contribution in [0.2, 0.25) is 15.1 Å². The van der Waals surface area contributed by atoms with Crippen molar-refractivity contribution in [1.29, 1.82) is 0 Å². The van der Waals surface area contributed by atoms with Gasteiger partial charge in [0.1, 0.15) is 6.26 Å². The first kappa shape index (κ1) is 19.2. The summed E-state index contributed by atoms with van der Waals surface area (Å²) in [5, 5.41) is 1.84. The molecule has 0 spiro atoms. The van der Waals surface area contributed by atoms with Gasteiger partial charge in [-0.25, -0.2) is 0 Å². The van der Waals surface area contributed by atoms with Gasteiger partial charge in [0, 0.05) is 29.7 Å². The Hall–Kier alpha value is -2.14. The van der Waals surface area contributed by atoms with Crippen molar-refractivity contribution in [2.75, 3.05) is 24.5 Å². The second-order valence-corrected chi connectivity index (χ2v) is 7.90. The molecule has 1 aromatic heterocycles. The van der Waals surface area contributed by atoms with Gasteiger partial charge in [0.25, 0.3) is 5.91 Å². The molecule has 1 amide bonds. The zero-order chi connectivity index (χ0) is 19.7. The third-order valence-electron chi connectivity index (χ3n) is 4.91. The van der Waals surface area contributed by atoms with E-state index in [-0.39, 0.29) is 11.9 Å². The first-order valence-corrected chi connectivity index (χ1v) is 9.95. The lowest BCUT2D eigenvalue weighted by Gasteiger charge is -2.43. The minimum absolute atomic E-state index is 0.0467. The molecule has 1 saturated heterocycles. The maximum atomic E-state index is 12.8. The van der Waals surface area contributed by atoms with E-state index in [1.54, 1.807) is 12.1 Å². The van der Waals surface area contributed by atoms with Crippen LogP contribution in [0.4, 0.5) is 5.69 Å². The number of hydrogen-bond donors (Lipinski definition) is 0. The average molecular weight is 436 g/mol. The van der Waals surface area contributed by atoms with Crippen LogP contribution >= 0.6 is 34.8 Å². The Balaban J connectivity index is 1.68. The monoisotopic (exact) mass is 434 g/mol. The van der Waals surface area contributed by atoms with E-state index in [1.165, 1.54) is 12.5 Å². The Kier molecular flexibility index (Phi) is 5.54. The van der Waals surface area contributed by atoms with Crippen molar-refractivity contribution >= 4 is 46.4 Å². The minimum atomic E-state index is -0.0689. The van der Waals surface area contributed by atoms with Gasteiger partial charge in [0.15, 0.2) is 0 Å². The molecule has 4 nitrogen and oxygen atoms in total. The van der Waals surface area contributed by atoms with Crippen LogP contribution in [-0.2, 0) is 0 Å². The molecule has 0 N–H and O–H groups in total. The molecule has 1 aliphatic rings. The van der Waals surface area contributed by atoms with E-state index in [9.17, 15) is 4.79 Å². The molecule has 1 aliphatic heterocycles. The van der Waals surface area contributed by atoms with Gasteiger partial charge in [-0.3, -0.25) is 4.79 Å². The van der Waals surface area contributed by atoms with Gasteiger partial charge in [0.05, 0.1) is 28.6 Å². The number of furan rings is 1. The molecule has 4 rings (SSSR count). The quantitative estimate of drug-likeness (QED) is 0.510. The van der Waals surface area contributed by atoms with E-state index in [4.69, 9.17) is 39.2 Å². The summed E-state index contributed by atoms with van der Waals surface area (Å²) in [6, 6.07) is 14.8. The number of benzene rings is 2. The fourth-order valence-corrected chi connectivity index (χ4v) is 4.15. The van der Waals surface area contributed by atoms with Crippen molar-refractivity contribution in [1.82, 2.24) is 4.90 Å². The van der Waals surface area contributed by atoms with Crippen LogP contribution in [-0.4, -0.2) is 30.4 Å². The van der Waals surface area contributed by atoms with E-state index >= 15 is 0 Å². The Morgan fingerprint density at radius 1 is 0.964 bits per heavy atom. The van der Waals surface area contributed by atoms with Crippen LogP contribution in [0.25, 0.3) is 0 Å². The summed E-state index contributed by atoms with van der Waals surface area (Å²) < 4.78 is 5.07. The number of rotatable bonds is 3. The number of amides is 1. The molecule has 1 unspecified atom stereocenters. The first-order valence-electron chi connectivity index (χ1n) is 8.81. The number of carbonyl (C=O) groups is 1. The van der Waals surface area contributed by atoms with Crippen molar-refractivity contribution in [2.24, 2.45) is 0 Å². The van der Waals surface area contributed by atoms with Crippen LogP contribution in [0.3, 0.4) is 0 Å². The molecular formula is C21H17Cl3N2O2. The molecule has 0 saturated carbocycles. The van der Waals surface area contributed by atoms with E-state index < -0.39 is 0 Å². The van der Waals surface area contributed by atoms with E-state index in [0.29, 0.717) is 40.3 Å². The summed E-state index contributed by atoms with van der Waals surface area (Å²) in [6.07, 6.45) is 2.98. The minimum Gasteiger partial charge on any atom is -0.472 e. The molecule has 0 bridgehead atoms. The lowest BCUT2D eigenvalue weighted by molar-refractivity contribution is 0.0721. The average Bonchev–Trinajstić information content (AvgIpc) is 3.23. The first-order chi connectivity index (χ1) is 13.5. The van der Waals surface area contributed by atoms with E-state index in [0.717, 1.165) is 11.3 Å². The van der Waals surface area contributed by atoms with Crippen LogP contribution in [0, 0.1) is 0 Å². The summed E-state index contributed by atoms with van der Waals surface area (Å²) in [5.74, 6) is -0.0467. The summed E-state index contributed by atoms with van der Waals surface area (Å²) in [6.45, 7) is 1.73. The molecule has 7 heteroatoms. The molecule has 2 aromatic carbocycles. The predicted molar refractivity (Wildman–Crippen MR) is 113 cm³/mol. The maximum absolute atomic E-state index is 12.8. The third kappa shape index (κ3) is 3.86. The lowest BCUT2D eigenvalue weighted by atomic mass is 10.0. The lowest BCUT2D eigenvalue weighted by Crippen LogP contribution is -2.50. The van der Waals surface area contributed by atoms with Crippen molar-refractivity contribution in [3.63, 3.8) is 0 Å². The molecular weight excluding hydrogens is 419 g/mol. The summed E-state index contributed by atoms with van der Waals surface area (Å²) in [4.78, 5) is 16.9. The van der Waals surface area contributed by atoms with Crippen LogP contribution < -0.4 is 4.90 Å². The van der Waals surface area contributed by atoms with Crippen molar-refractivity contribution in [3.8, 4) is 0 Å². The van der Waals surface area contributed by atoms with Crippen molar-refractivity contribution < 1.29 is 9.21 Å². The Labute approximate surface area is 178 Å². The Bertz CT molecular complexity index is 974. The zero-order valence-corrected chi connectivity index (χ0v) is 17.1. The fraction of sp³-hybridized carbons (Fsp3) is 0.190. The predicted octanol–water partition coefficient (Wildman–Crippen LogP) is 5.94. The van der Waals surface area contributed by atoms with Crippen LogP contribution in [0.15, 0.2) is 65.5 Å². The molecule has 28 heavy (non-hydrogen) atoms. The Morgan fingerprint density at radius 3 is 2.39 bits per heavy atom. The number of nitrogens with zero attached hydrogens (tertiary/aromatic N) is 2. The van der Waals surface area contributed by atoms with Gasteiger partial charge in [-0.15, -0.1) is 0 Å². The SMILES string of the molecule is O=C(c1ccoc1)N1CCN(c2ccc(Cl)cc2Cl)C(c2ccc(Cl)cc2)C1. The van der Waals surface area contributed by atoms with Gasteiger partial charge in [-0.2, -0.15) is 0 Å². The highest BCUT2D eigenvalue weighted by Gasteiger charge is 2.32. The van der Waals surface area contributed by atoms with Gasteiger partial charge in [0.2, 0.25) is 0 Å². The number of hydrogen-bond acceptors (Lipinski definition) is 3. The van der Waals surface area contributed by atoms with E-state index in [2.05, 4.69) is 4.90 Å². The third-order valence-corrected chi connectivity index (χ3v) is 5.70. The molecule has 3 aromatic rings. The molecule has 144 valence electrons. The van der Waals surface area contributed by atoms with E-state index in [1.807, 2.05) is 41.3 Å². The summed E-state index contributed by atoms with van der Waals surface area (Å²) >= 11 is 18.6. The topological polar surface area (TPSA) is 36.7 Å². The van der Waals surface area contributed by atoms with Gasteiger partial charge >= 0.3 is 0 Å².